The standard InChI is InChI=1S/C29H33NO5/c1-34-24-13-12-21(27(18-24)35-2)15-23(31)16-22(14-19-8-4-3-5-9-19)29(33)30-28-25-11-7-6-10-20(25)17-26(28)32/h3-13,18,22-23,26,28,31-32H,14-17H2,1-2H3,(H,30,33)/t22-,23-,26-,28?/m1/s1. The molecule has 4 rings (SSSR count). The van der Waals surface area contributed by atoms with Crippen LogP contribution in [0.5, 0.6) is 11.5 Å². The van der Waals surface area contributed by atoms with Crippen molar-refractivity contribution in [2.45, 2.75) is 43.9 Å². The minimum atomic E-state index is -0.752. The Balaban J connectivity index is 1.50. The first kappa shape index (κ1) is 24.8. The predicted octanol–water partition coefficient (Wildman–Crippen LogP) is 3.63. The van der Waals surface area contributed by atoms with Crippen LogP contribution in [0.4, 0.5) is 0 Å². The molecule has 3 aromatic carbocycles. The lowest BCUT2D eigenvalue weighted by atomic mass is 9.90. The van der Waals surface area contributed by atoms with Crippen LogP contribution in [0.2, 0.25) is 0 Å². The van der Waals surface area contributed by atoms with Crippen molar-refractivity contribution in [1.82, 2.24) is 5.32 Å². The third-order valence-corrected chi connectivity index (χ3v) is 6.70. The van der Waals surface area contributed by atoms with Gasteiger partial charge in [0.1, 0.15) is 11.5 Å². The summed E-state index contributed by atoms with van der Waals surface area (Å²) < 4.78 is 10.7. The third kappa shape index (κ3) is 6.02. The molecule has 0 heterocycles. The van der Waals surface area contributed by atoms with Gasteiger partial charge in [0.2, 0.25) is 5.91 Å². The van der Waals surface area contributed by atoms with Gasteiger partial charge in [-0.05, 0) is 41.2 Å². The van der Waals surface area contributed by atoms with E-state index in [2.05, 4.69) is 5.32 Å². The van der Waals surface area contributed by atoms with Crippen LogP contribution in [0, 0.1) is 5.92 Å². The highest BCUT2D eigenvalue weighted by molar-refractivity contribution is 5.80. The topological polar surface area (TPSA) is 88.0 Å². The van der Waals surface area contributed by atoms with Crippen LogP contribution in [-0.4, -0.2) is 42.5 Å². The number of nitrogens with one attached hydrogen (secondary N) is 1. The lowest BCUT2D eigenvalue weighted by Crippen LogP contribution is -2.39. The van der Waals surface area contributed by atoms with Crippen molar-refractivity contribution in [1.29, 1.82) is 0 Å². The van der Waals surface area contributed by atoms with E-state index in [9.17, 15) is 15.0 Å². The molecule has 3 aromatic rings. The Bertz CT molecular complexity index is 1130. The normalized spacial score (nSPS) is 18.4. The van der Waals surface area contributed by atoms with Crippen LogP contribution in [0.25, 0.3) is 0 Å². The number of aliphatic hydroxyl groups is 2. The molecule has 1 unspecified atom stereocenters. The van der Waals surface area contributed by atoms with Gasteiger partial charge in [0, 0.05) is 24.8 Å². The maximum absolute atomic E-state index is 13.5. The fraction of sp³-hybridized carbons (Fsp3) is 0.345. The second-order valence-corrected chi connectivity index (χ2v) is 9.11. The zero-order chi connectivity index (χ0) is 24.8. The van der Waals surface area contributed by atoms with Gasteiger partial charge in [0.25, 0.3) is 0 Å². The first-order valence-corrected chi connectivity index (χ1v) is 12.0. The lowest BCUT2D eigenvalue weighted by Gasteiger charge is -2.25. The number of amides is 1. The summed E-state index contributed by atoms with van der Waals surface area (Å²) in [7, 11) is 3.18. The molecular weight excluding hydrogens is 442 g/mol. The van der Waals surface area contributed by atoms with E-state index < -0.39 is 24.2 Å². The Kier molecular flexibility index (Phi) is 8.06. The number of carbonyl (C=O) groups excluding carboxylic acids is 1. The van der Waals surface area contributed by atoms with E-state index >= 15 is 0 Å². The van der Waals surface area contributed by atoms with Crippen molar-refractivity contribution in [3.63, 3.8) is 0 Å². The van der Waals surface area contributed by atoms with E-state index in [0.29, 0.717) is 30.8 Å². The van der Waals surface area contributed by atoms with Gasteiger partial charge >= 0.3 is 0 Å². The Morgan fingerprint density at radius 1 is 1.00 bits per heavy atom. The van der Waals surface area contributed by atoms with Gasteiger partial charge in [0.05, 0.1) is 32.5 Å². The van der Waals surface area contributed by atoms with Gasteiger partial charge in [-0.3, -0.25) is 4.79 Å². The molecule has 6 heteroatoms. The van der Waals surface area contributed by atoms with Crippen LogP contribution in [0.3, 0.4) is 0 Å². The number of ether oxygens (including phenoxy) is 2. The monoisotopic (exact) mass is 475 g/mol. The largest absolute Gasteiger partial charge is 0.497 e. The van der Waals surface area contributed by atoms with Crippen molar-refractivity contribution < 1.29 is 24.5 Å². The van der Waals surface area contributed by atoms with Crippen molar-refractivity contribution in [3.8, 4) is 11.5 Å². The Hall–Kier alpha value is -3.35. The molecular formula is C29H33NO5. The van der Waals surface area contributed by atoms with Gasteiger partial charge in [0.15, 0.2) is 0 Å². The van der Waals surface area contributed by atoms with Crippen LogP contribution in [0.15, 0.2) is 72.8 Å². The van der Waals surface area contributed by atoms with Crippen LogP contribution < -0.4 is 14.8 Å². The summed E-state index contributed by atoms with van der Waals surface area (Å²) in [5, 5.41) is 24.7. The van der Waals surface area contributed by atoms with Crippen molar-refractivity contribution >= 4 is 5.91 Å². The summed E-state index contributed by atoms with van der Waals surface area (Å²) in [6.07, 6.45) is 0.221. The van der Waals surface area contributed by atoms with Gasteiger partial charge < -0.3 is 25.0 Å². The smallest absolute Gasteiger partial charge is 0.224 e. The number of methoxy groups -OCH3 is 2. The SMILES string of the molecule is COc1ccc(C[C@@H](O)C[C@@H](Cc2ccccc2)C(=O)NC2c3ccccc3C[C@H]2O)c(OC)c1. The minimum absolute atomic E-state index is 0.171. The maximum atomic E-state index is 13.5. The highest BCUT2D eigenvalue weighted by Gasteiger charge is 2.34. The van der Waals surface area contributed by atoms with Crippen LogP contribution in [0.1, 0.15) is 34.7 Å². The zero-order valence-electron chi connectivity index (χ0n) is 20.2. The van der Waals surface area contributed by atoms with Crippen LogP contribution in [-0.2, 0) is 24.1 Å². The number of hydrogen-bond acceptors (Lipinski definition) is 5. The van der Waals surface area contributed by atoms with E-state index in [1.807, 2.05) is 66.7 Å². The predicted molar refractivity (Wildman–Crippen MR) is 135 cm³/mol. The van der Waals surface area contributed by atoms with Crippen LogP contribution >= 0.6 is 0 Å². The average molecular weight is 476 g/mol. The third-order valence-electron chi connectivity index (χ3n) is 6.70. The molecule has 0 saturated heterocycles. The molecule has 184 valence electrons. The second-order valence-electron chi connectivity index (χ2n) is 9.11. The minimum Gasteiger partial charge on any atom is -0.497 e. The number of carbonyl (C=O) groups is 1. The fourth-order valence-electron chi connectivity index (χ4n) is 4.89. The molecule has 0 aromatic heterocycles. The molecule has 4 atom stereocenters. The summed E-state index contributed by atoms with van der Waals surface area (Å²) in [6, 6.07) is 22.6. The van der Waals surface area contributed by atoms with E-state index in [0.717, 1.165) is 22.3 Å². The Morgan fingerprint density at radius 2 is 1.74 bits per heavy atom. The Labute approximate surface area is 206 Å². The zero-order valence-corrected chi connectivity index (χ0v) is 20.2. The summed E-state index contributed by atoms with van der Waals surface area (Å²) >= 11 is 0. The number of benzene rings is 3. The van der Waals surface area contributed by atoms with E-state index in [1.54, 1.807) is 20.3 Å². The quantitative estimate of drug-likeness (QED) is 0.417. The number of fused-ring (bicyclic) bond motifs is 1. The molecule has 1 aliphatic carbocycles. The number of rotatable bonds is 10. The first-order valence-electron chi connectivity index (χ1n) is 12.0. The first-order chi connectivity index (χ1) is 17.0. The van der Waals surface area contributed by atoms with Crippen molar-refractivity contribution in [2.24, 2.45) is 5.92 Å². The van der Waals surface area contributed by atoms with Crippen molar-refractivity contribution in [3.05, 3.63) is 95.1 Å². The van der Waals surface area contributed by atoms with Gasteiger partial charge in [-0.25, -0.2) is 0 Å². The molecule has 35 heavy (non-hydrogen) atoms. The van der Waals surface area contributed by atoms with E-state index in [-0.39, 0.29) is 12.3 Å². The summed E-state index contributed by atoms with van der Waals surface area (Å²) in [5.41, 5.74) is 3.88. The maximum Gasteiger partial charge on any atom is 0.224 e. The van der Waals surface area contributed by atoms with Gasteiger partial charge in [-0.1, -0.05) is 60.7 Å². The van der Waals surface area contributed by atoms with E-state index in [1.165, 1.54) is 0 Å². The molecule has 0 aliphatic heterocycles. The number of aliphatic hydroxyl groups excluding tert-OH is 2. The van der Waals surface area contributed by atoms with E-state index in [4.69, 9.17) is 9.47 Å². The summed E-state index contributed by atoms with van der Waals surface area (Å²) in [5.74, 6) is 0.682. The highest BCUT2D eigenvalue weighted by Crippen LogP contribution is 2.32. The fourth-order valence-corrected chi connectivity index (χ4v) is 4.89. The molecule has 1 aliphatic rings. The molecule has 0 saturated carbocycles. The molecule has 0 spiro atoms. The van der Waals surface area contributed by atoms with Gasteiger partial charge in [-0.2, -0.15) is 0 Å². The van der Waals surface area contributed by atoms with Crippen molar-refractivity contribution in [2.75, 3.05) is 14.2 Å². The Morgan fingerprint density at radius 3 is 2.49 bits per heavy atom. The summed E-state index contributed by atoms with van der Waals surface area (Å²) in [4.78, 5) is 13.5. The number of hydrogen-bond donors (Lipinski definition) is 3. The van der Waals surface area contributed by atoms with Gasteiger partial charge in [-0.15, -0.1) is 0 Å². The molecule has 0 bridgehead atoms. The molecule has 3 N–H and O–H groups in total. The molecule has 1 amide bonds. The second kappa shape index (κ2) is 11.4. The molecule has 0 radical (unpaired) electrons. The highest BCUT2D eigenvalue weighted by atomic mass is 16.5. The molecule has 0 fully saturated rings. The summed E-state index contributed by atoms with van der Waals surface area (Å²) in [6.45, 7) is 0. The average Bonchev–Trinajstić information content (AvgIpc) is 3.19. The molecule has 6 nitrogen and oxygen atoms in total. The lowest BCUT2D eigenvalue weighted by molar-refractivity contribution is -0.127.